The molecule has 2 aromatic carbocycles. The Hall–Kier alpha value is -1.97. The summed E-state index contributed by atoms with van der Waals surface area (Å²) >= 11 is 1.42. The molecule has 150 valence electrons. The van der Waals surface area contributed by atoms with Crippen molar-refractivity contribution in [3.8, 4) is 0 Å². The number of halogens is 2. The minimum Gasteiger partial charge on any atom is -0.339 e. The van der Waals surface area contributed by atoms with Crippen LogP contribution in [0, 0.1) is 18.6 Å². The molecule has 3 rings (SSSR count). The molecule has 0 bridgehead atoms. The number of thioether (sulfide) groups is 1. The standard InChI is InChI=1S/C19H20F2N2O3S2/c1-14-2-5-16(6-3-14)27-13-19(24)22-8-10-23(11-9-22)28(25,26)18-12-15(20)4-7-17(18)21/h2-7,12H,8-11,13H2,1H3. The molecule has 9 heteroatoms. The third-order valence-corrected chi connectivity index (χ3v) is 7.40. The highest BCUT2D eigenvalue weighted by Gasteiger charge is 2.32. The van der Waals surface area contributed by atoms with Gasteiger partial charge in [-0.1, -0.05) is 17.7 Å². The van der Waals surface area contributed by atoms with E-state index in [1.807, 2.05) is 31.2 Å². The van der Waals surface area contributed by atoms with Gasteiger partial charge >= 0.3 is 0 Å². The fraction of sp³-hybridized carbons (Fsp3) is 0.316. The van der Waals surface area contributed by atoms with Gasteiger partial charge in [0.1, 0.15) is 16.5 Å². The van der Waals surface area contributed by atoms with Crippen LogP contribution in [-0.4, -0.2) is 55.5 Å². The zero-order chi connectivity index (χ0) is 20.3. The smallest absolute Gasteiger partial charge is 0.246 e. The predicted octanol–water partition coefficient (Wildman–Crippen LogP) is 2.90. The number of rotatable bonds is 5. The summed E-state index contributed by atoms with van der Waals surface area (Å²) in [6.07, 6.45) is 0. The van der Waals surface area contributed by atoms with Crippen LogP contribution in [0.5, 0.6) is 0 Å². The number of nitrogens with zero attached hydrogens (tertiary/aromatic N) is 2. The third kappa shape index (κ3) is 4.71. The molecule has 0 aromatic heterocycles. The highest BCUT2D eigenvalue weighted by atomic mass is 32.2. The summed E-state index contributed by atoms with van der Waals surface area (Å²) in [7, 11) is -4.15. The van der Waals surface area contributed by atoms with Crippen molar-refractivity contribution in [2.24, 2.45) is 0 Å². The summed E-state index contributed by atoms with van der Waals surface area (Å²) in [6.45, 7) is 2.49. The van der Waals surface area contributed by atoms with E-state index in [1.54, 1.807) is 4.90 Å². The van der Waals surface area contributed by atoms with Gasteiger partial charge in [0.05, 0.1) is 5.75 Å². The lowest BCUT2D eigenvalue weighted by Crippen LogP contribution is -2.51. The third-order valence-electron chi connectivity index (χ3n) is 4.49. The van der Waals surface area contributed by atoms with Crippen molar-refractivity contribution in [1.29, 1.82) is 0 Å². The SMILES string of the molecule is Cc1ccc(SCC(=O)N2CCN(S(=O)(=O)c3cc(F)ccc3F)CC2)cc1. The first kappa shape index (κ1) is 20.8. The van der Waals surface area contributed by atoms with E-state index in [4.69, 9.17) is 0 Å². The summed E-state index contributed by atoms with van der Waals surface area (Å²) < 4.78 is 53.5. The molecule has 0 radical (unpaired) electrons. The van der Waals surface area contributed by atoms with Gasteiger partial charge in [0.2, 0.25) is 15.9 Å². The Labute approximate surface area is 167 Å². The monoisotopic (exact) mass is 426 g/mol. The molecule has 1 aliphatic rings. The average molecular weight is 427 g/mol. The highest BCUT2D eigenvalue weighted by molar-refractivity contribution is 8.00. The lowest BCUT2D eigenvalue weighted by molar-refractivity contribution is -0.129. The quantitative estimate of drug-likeness (QED) is 0.690. The Bertz CT molecular complexity index is 958. The second-order valence-electron chi connectivity index (χ2n) is 6.46. The van der Waals surface area contributed by atoms with Gasteiger partial charge in [-0.2, -0.15) is 4.31 Å². The van der Waals surface area contributed by atoms with Crippen LogP contribution in [0.3, 0.4) is 0 Å². The molecule has 0 aliphatic carbocycles. The molecule has 1 heterocycles. The van der Waals surface area contributed by atoms with Gasteiger partial charge in [0.25, 0.3) is 0 Å². The Balaban J connectivity index is 1.58. The van der Waals surface area contributed by atoms with Crippen LogP contribution < -0.4 is 0 Å². The maximum absolute atomic E-state index is 13.9. The molecular formula is C19H20F2N2O3S2. The van der Waals surface area contributed by atoms with E-state index >= 15 is 0 Å². The molecule has 1 amide bonds. The van der Waals surface area contributed by atoms with Crippen molar-refractivity contribution in [3.05, 3.63) is 59.7 Å². The lowest BCUT2D eigenvalue weighted by Gasteiger charge is -2.34. The Kier molecular flexibility index (Phi) is 6.36. The molecule has 1 aliphatic heterocycles. The van der Waals surface area contributed by atoms with Crippen molar-refractivity contribution in [2.75, 3.05) is 31.9 Å². The van der Waals surface area contributed by atoms with Crippen LogP contribution in [0.2, 0.25) is 0 Å². The highest BCUT2D eigenvalue weighted by Crippen LogP contribution is 2.23. The Morgan fingerprint density at radius 2 is 1.68 bits per heavy atom. The summed E-state index contributed by atoms with van der Waals surface area (Å²) in [5, 5.41) is 0. The molecule has 0 N–H and O–H groups in total. The van der Waals surface area contributed by atoms with Gasteiger partial charge in [0, 0.05) is 31.1 Å². The van der Waals surface area contributed by atoms with Gasteiger partial charge in [-0.05, 0) is 37.3 Å². The predicted molar refractivity (Wildman–Crippen MR) is 104 cm³/mol. The van der Waals surface area contributed by atoms with Crippen LogP contribution in [0.1, 0.15) is 5.56 Å². The Morgan fingerprint density at radius 1 is 1.04 bits per heavy atom. The first-order valence-corrected chi connectivity index (χ1v) is 11.1. The van der Waals surface area contributed by atoms with Crippen molar-refractivity contribution in [2.45, 2.75) is 16.7 Å². The summed E-state index contributed by atoms with van der Waals surface area (Å²) in [4.78, 5) is 14.3. The molecule has 2 aromatic rings. The van der Waals surface area contributed by atoms with E-state index in [9.17, 15) is 22.0 Å². The number of carbonyl (C=O) groups is 1. The van der Waals surface area contributed by atoms with E-state index < -0.39 is 26.6 Å². The molecule has 1 fully saturated rings. The summed E-state index contributed by atoms with van der Waals surface area (Å²) in [5.41, 5.74) is 1.14. The zero-order valence-electron chi connectivity index (χ0n) is 15.3. The molecule has 0 saturated carbocycles. The lowest BCUT2D eigenvalue weighted by atomic mass is 10.2. The summed E-state index contributed by atoms with van der Waals surface area (Å²) in [6, 6.07) is 10.2. The van der Waals surface area contributed by atoms with Crippen LogP contribution in [0.15, 0.2) is 52.3 Å². The second-order valence-corrected chi connectivity index (χ2v) is 9.42. The van der Waals surface area contributed by atoms with Gasteiger partial charge < -0.3 is 4.90 Å². The maximum atomic E-state index is 13.9. The van der Waals surface area contributed by atoms with E-state index in [2.05, 4.69) is 0 Å². The van der Waals surface area contributed by atoms with E-state index in [-0.39, 0.29) is 37.8 Å². The number of amides is 1. The number of aryl methyl sites for hydroxylation is 1. The van der Waals surface area contributed by atoms with Crippen LogP contribution >= 0.6 is 11.8 Å². The van der Waals surface area contributed by atoms with Crippen molar-refractivity contribution < 1.29 is 22.0 Å². The number of hydrogen-bond donors (Lipinski definition) is 0. The van der Waals surface area contributed by atoms with Crippen LogP contribution in [0.4, 0.5) is 8.78 Å². The van der Waals surface area contributed by atoms with E-state index in [0.717, 1.165) is 26.9 Å². The Morgan fingerprint density at radius 3 is 2.32 bits per heavy atom. The largest absolute Gasteiger partial charge is 0.339 e. The number of carbonyl (C=O) groups excluding carboxylic acids is 1. The molecule has 5 nitrogen and oxygen atoms in total. The van der Waals surface area contributed by atoms with Gasteiger partial charge in [-0.3, -0.25) is 4.79 Å². The molecule has 28 heavy (non-hydrogen) atoms. The number of hydrogen-bond acceptors (Lipinski definition) is 4. The second kappa shape index (κ2) is 8.59. The molecule has 0 unspecified atom stereocenters. The summed E-state index contributed by atoms with van der Waals surface area (Å²) in [5.74, 6) is -1.63. The number of piperazine rings is 1. The minimum atomic E-state index is -4.15. The van der Waals surface area contributed by atoms with Crippen molar-refractivity contribution in [3.63, 3.8) is 0 Å². The van der Waals surface area contributed by atoms with Gasteiger partial charge in [-0.15, -0.1) is 11.8 Å². The number of benzene rings is 2. The van der Waals surface area contributed by atoms with Crippen LogP contribution in [-0.2, 0) is 14.8 Å². The fourth-order valence-electron chi connectivity index (χ4n) is 2.86. The first-order valence-electron chi connectivity index (χ1n) is 8.70. The molecule has 0 atom stereocenters. The van der Waals surface area contributed by atoms with E-state index in [1.165, 1.54) is 11.8 Å². The van der Waals surface area contributed by atoms with E-state index in [0.29, 0.717) is 6.07 Å². The van der Waals surface area contributed by atoms with Crippen LogP contribution in [0.25, 0.3) is 0 Å². The molecular weight excluding hydrogens is 406 g/mol. The number of sulfonamides is 1. The molecule has 1 saturated heterocycles. The zero-order valence-corrected chi connectivity index (χ0v) is 16.9. The topological polar surface area (TPSA) is 57.7 Å². The minimum absolute atomic E-state index is 0.0409. The van der Waals surface area contributed by atoms with Crippen molar-refractivity contribution >= 4 is 27.7 Å². The van der Waals surface area contributed by atoms with Crippen molar-refractivity contribution in [1.82, 2.24) is 9.21 Å². The fourth-order valence-corrected chi connectivity index (χ4v) is 5.16. The van der Waals surface area contributed by atoms with Gasteiger partial charge in [-0.25, -0.2) is 17.2 Å². The normalized spacial score (nSPS) is 15.6. The molecule has 0 spiro atoms. The maximum Gasteiger partial charge on any atom is 0.246 e. The average Bonchev–Trinajstić information content (AvgIpc) is 2.69. The first-order chi connectivity index (χ1) is 13.3. The van der Waals surface area contributed by atoms with Gasteiger partial charge in [0.15, 0.2) is 0 Å².